The second-order valence-electron chi connectivity index (χ2n) is 23.4. The van der Waals surface area contributed by atoms with Crippen molar-refractivity contribution in [1.29, 1.82) is 0 Å². The number of thiazole rings is 6. The number of aromatic nitrogens is 6. The second-order valence-corrected chi connectivity index (χ2v) is 32.1. The summed E-state index contributed by atoms with van der Waals surface area (Å²) in [7, 11) is -2.47. The Labute approximate surface area is 521 Å². The maximum atomic E-state index is 14.4. The molecule has 0 spiro atoms. The predicted octanol–water partition coefficient (Wildman–Crippen LogP) is 12.4. The van der Waals surface area contributed by atoms with E-state index in [-0.39, 0.29) is 15.8 Å². The van der Waals surface area contributed by atoms with Gasteiger partial charge in [0, 0.05) is 88.1 Å². The molecule has 4 aliphatic rings. The molecule has 0 bridgehead atoms. The lowest BCUT2D eigenvalue weighted by Crippen LogP contribution is -2.66. The summed E-state index contributed by atoms with van der Waals surface area (Å²) in [6, 6.07) is 0.0816. The van der Waals surface area contributed by atoms with Crippen LogP contribution in [0, 0.1) is 65.2 Å². The number of methoxy groups -OCH3 is 1. The number of carbonyl (C=O) groups is 2. The minimum Gasteiger partial charge on any atom is -0.383 e. The smallest absolute Gasteiger partial charge is 0.383 e. The van der Waals surface area contributed by atoms with Crippen LogP contribution in [-0.2, 0) is 24.5 Å². The first-order chi connectivity index (χ1) is 40.4. The van der Waals surface area contributed by atoms with Gasteiger partial charge in [-0.25, -0.2) is 34.7 Å². The maximum Gasteiger partial charge on any atom is 0.397 e. The first kappa shape index (κ1) is 64.2. The third-order valence-corrected chi connectivity index (χ3v) is 24.2. The van der Waals surface area contributed by atoms with Crippen LogP contribution in [-0.4, -0.2) is 155 Å². The summed E-state index contributed by atoms with van der Waals surface area (Å²) < 4.78 is 42.2. The number of nitrogens with one attached hydrogen (secondary N) is 4. The zero-order chi connectivity index (χ0) is 59.5. The highest BCUT2D eigenvalue weighted by Gasteiger charge is 2.48. The van der Waals surface area contributed by atoms with Crippen LogP contribution in [0.3, 0.4) is 0 Å². The van der Waals surface area contributed by atoms with Crippen molar-refractivity contribution in [1.82, 2.24) is 44.4 Å². The number of morpholine rings is 1. The molecule has 0 radical (unpaired) electrons. The maximum absolute atomic E-state index is 14.4. The highest BCUT2D eigenvalue weighted by atomic mass is 32.2. The first-order valence-corrected chi connectivity index (χ1v) is 36.3. The molecule has 84 heavy (non-hydrogen) atoms. The zero-order valence-corrected chi connectivity index (χ0v) is 56.0. The zero-order valence-electron chi connectivity index (χ0n) is 50.2. The van der Waals surface area contributed by atoms with E-state index in [1.165, 1.54) is 14.6 Å². The highest BCUT2D eigenvalue weighted by molar-refractivity contribution is 7.84. The van der Waals surface area contributed by atoms with Gasteiger partial charge < -0.3 is 35.2 Å². The Kier molecular flexibility index (Phi) is 22.7. The molecule has 460 valence electrons. The summed E-state index contributed by atoms with van der Waals surface area (Å²) in [6.07, 6.45) is 12.9. The van der Waals surface area contributed by atoms with Gasteiger partial charge in [-0.05, 0) is 150 Å². The molecule has 26 heteroatoms. The van der Waals surface area contributed by atoms with Crippen LogP contribution < -0.4 is 20.7 Å². The molecule has 19 nitrogen and oxygen atoms in total. The fourth-order valence-electron chi connectivity index (χ4n) is 12.5. The monoisotopic (exact) mass is 1280 g/mol. The average molecular weight is 1290 g/mol. The molecule has 1 aliphatic heterocycles. The lowest BCUT2D eigenvalue weighted by atomic mass is 9.81. The van der Waals surface area contributed by atoms with Gasteiger partial charge in [0.2, 0.25) is 6.41 Å². The Morgan fingerprint density at radius 2 is 1.02 bits per heavy atom. The number of quaternary nitrogens is 1. The van der Waals surface area contributed by atoms with Crippen molar-refractivity contribution in [3.8, 4) is 34.2 Å². The summed E-state index contributed by atoms with van der Waals surface area (Å²) in [6.45, 7) is 21.6. The molecule has 0 atom stereocenters. The molecule has 4 N–H and O–H groups in total. The van der Waals surface area contributed by atoms with E-state index in [4.69, 9.17) is 24.4 Å². The molecular weight excluding hydrogens is 1200 g/mol. The summed E-state index contributed by atoms with van der Waals surface area (Å²) in [5.41, 5.74) is 5.74. The van der Waals surface area contributed by atoms with Crippen LogP contribution in [0.1, 0.15) is 121 Å². The fourth-order valence-corrected chi connectivity index (χ4v) is 18.7. The topological polar surface area (TPSA) is 219 Å². The Bertz CT molecular complexity index is 3180. The summed E-state index contributed by atoms with van der Waals surface area (Å²) in [4.78, 5) is 60.8. The van der Waals surface area contributed by atoms with Gasteiger partial charge in [0.15, 0.2) is 15.4 Å². The Morgan fingerprint density at radius 3 is 1.39 bits per heavy atom. The van der Waals surface area contributed by atoms with Crippen LogP contribution in [0.5, 0.6) is 0 Å². The molecule has 7 heterocycles. The molecule has 3 amide bonds. The summed E-state index contributed by atoms with van der Waals surface area (Å²) >= 11 is 9.95. The molecule has 3 aliphatic carbocycles. The Hall–Kier alpha value is -4.25. The van der Waals surface area contributed by atoms with Gasteiger partial charge in [-0.3, -0.25) is 4.79 Å². The number of amides is 3. The summed E-state index contributed by atoms with van der Waals surface area (Å²) in [5, 5.41) is 22.8. The van der Waals surface area contributed by atoms with E-state index in [9.17, 15) is 18.0 Å². The molecular formula is C58H86N13O6S7+. The minimum absolute atomic E-state index is 0.0671. The van der Waals surface area contributed by atoms with Gasteiger partial charge in [0.25, 0.3) is 0 Å². The van der Waals surface area contributed by atoms with Crippen LogP contribution in [0.25, 0.3) is 34.2 Å². The van der Waals surface area contributed by atoms with Crippen LogP contribution >= 0.6 is 68.0 Å². The minimum atomic E-state index is -4.07. The Morgan fingerprint density at radius 1 is 0.631 bits per heavy atom. The van der Waals surface area contributed by atoms with E-state index < -0.39 is 16.2 Å². The van der Waals surface area contributed by atoms with Gasteiger partial charge >= 0.3 is 16.2 Å². The number of carbonyl (C=O) groups excluding carboxylic acids is 2. The van der Waals surface area contributed by atoms with Crippen molar-refractivity contribution in [3.05, 3.63) is 45.8 Å². The Balaban J connectivity index is 0.000000271. The van der Waals surface area contributed by atoms with Crippen molar-refractivity contribution >= 4 is 106 Å². The third kappa shape index (κ3) is 16.5. The van der Waals surface area contributed by atoms with Gasteiger partial charge in [0.1, 0.15) is 47.3 Å². The van der Waals surface area contributed by atoms with Crippen molar-refractivity contribution in [2.75, 3.05) is 88.7 Å². The first-order valence-electron chi connectivity index (χ1n) is 29.8. The fraction of sp³-hybridized carbons (Fsp3) is 0.655. The molecule has 0 unspecified atom stereocenters. The number of ether oxygens (including phenoxy) is 2. The van der Waals surface area contributed by atoms with Crippen molar-refractivity contribution in [2.24, 2.45) is 23.7 Å². The van der Waals surface area contributed by atoms with E-state index in [1.54, 1.807) is 80.0 Å². The second kappa shape index (κ2) is 29.6. The number of rotatable bonds is 23. The van der Waals surface area contributed by atoms with Crippen molar-refractivity contribution in [3.63, 3.8) is 0 Å². The van der Waals surface area contributed by atoms with E-state index in [2.05, 4.69) is 86.4 Å². The van der Waals surface area contributed by atoms with Crippen LogP contribution in [0.15, 0.2) is 16.1 Å². The van der Waals surface area contributed by atoms with Gasteiger partial charge in [-0.1, -0.05) is 0 Å². The average Bonchev–Trinajstić information content (AvgIpc) is 1.95. The summed E-state index contributed by atoms with van der Waals surface area (Å²) in [5.74, 6) is 1.82. The predicted molar refractivity (Wildman–Crippen MR) is 345 cm³/mol. The number of hydrogen-bond acceptors (Lipinski definition) is 21. The van der Waals surface area contributed by atoms with Gasteiger partial charge in [0.05, 0.1) is 41.4 Å². The lowest BCUT2D eigenvalue weighted by Gasteiger charge is -2.43. The normalized spacial score (nSPS) is 21.8. The lowest BCUT2D eigenvalue weighted by molar-refractivity contribution is -0.821. The largest absolute Gasteiger partial charge is 0.397 e. The third-order valence-electron chi connectivity index (χ3n) is 17.2. The number of urea groups is 1. The molecule has 4 fully saturated rings. The quantitative estimate of drug-likeness (QED) is 0.0346. The SMILES string of the molecule is COCCN(C(=O)NS(=O)(=O)[N+]1(C[C@H]2CC[C@H](CNc3nc(-c4nc(C)sc4C)cs3)CC2)CCOCC1)[C@H]1CC[C@H](CNc2nc(-c3nc(C)sc3C)cs2)CC1.Cc1nc(-c2csc(NC[C@H]3CC[C@H](N(C=O)C(C)C)CC3)n2)c(C)s1. The van der Waals surface area contributed by atoms with Gasteiger partial charge in [-0.15, -0.1) is 68.0 Å². The number of anilines is 3. The number of nitrogens with zero attached hydrogens (tertiary/aromatic N) is 9. The standard InChI is InChI=1S/C39H57N9O5S5.C19H28N4OS2/c1-25-35(42-27(3)56-25)33-23-54-37(44-33)40-20-29-6-8-31(9-7-29)22-48(15-18-53-19-16-48)58(50,51)46-39(49)47(14-17-52-5)32-12-10-30(11-13-32)21-41-38-45-34(24-55-38)36-26(2)57-28(4)43-36;1-12(2)23(11-24)16-7-5-15(6-8-16)9-20-19-22-17(10-25-19)18-13(3)26-14(4)21-18/h23-24,29-32H,6-22H2,1-5H3,(H2-,40,41,44,45,46,49);10-12,15-16H,5-9H2,1-4H3,(H,20,22)/p+1/t29-,30-,31-,32-;15-,16-. The number of hydrogen-bond donors (Lipinski definition) is 4. The molecule has 3 saturated carbocycles. The molecule has 6 aromatic rings. The van der Waals surface area contributed by atoms with E-state index >= 15 is 0 Å². The van der Waals surface area contributed by atoms with E-state index in [1.807, 2.05) is 25.7 Å². The van der Waals surface area contributed by atoms with Crippen LogP contribution in [0.4, 0.5) is 20.2 Å². The van der Waals surface area contributed by atoms with Crippen molar-refractivity contribution < 1.29 is 31.4 Å². The molecule has 10 rings (SSSR count). The van der Waals surface area contributed by atoms with Crippen molar-refractivity contribution in [2.45, 2.75) is 151 Å². The van der Waals surface area contributed by atoms with Crippen LogP contribution in [0.2, 0.25) is 0 Å². The van der Waals surface area contributed by atoms with E-state index in [0.29, 0.717) is 75.8 Å². The van der Waals surface area contributed by atoms with E-state index in [0.717, 1.165) is 168 Å². The number of aryl methyl sites for hydroxylation is 6. The molecule has 0 aromatic carbocycles. The molecule has 6 aromatic heterocycles. The molecule has 1 saturated heterocycles. The highest BCUT2D eigenvalue weighted by Crippen LogP contribution is 2.37. The van der Waals surface area contributed by atoms with Gasteiger partial charge in [-0.2, -0.15) is 17.0 Å².